The molecule has 20 heavy (non-hydrogen) atoms. The lowest BCUT2D eigenvalue weighted by atomic mass is 9.95. The summed E-state index contributed by atoms with van der Waals surface area (Å²) < 4.78 is 0. The smallest absolute Gasteiger partial charge is 0.223 e. The van der Waals surface area contributed by atoms with Gasteiger partial charge in [-0.05, 0) is 49.0 Å². The summed E-state index contributed by atoms with van der Waals surface area (Å²) in [6.07, 6.45) is 4.63. The molecule has 0 aromatic heterocycles. The molecule has 2 aliphatic rings. The van der Waals surface area contributed by atoms with Gasteiger partial charge in [-0.1, -0.05) is 44.2 Å². The number of benzene rings is 1. The number of amides is 1. The van der Waals surface area contributed by atoms with Gasteiger partial charge in [-0.25, -0.2) is 0 Å². The molecule has 0 saturated heterocycles. The average Bonchev–Trinajstić information content (AvgIpc) is 3.05. The largest absolute Gasteiger partial charge is 0.349 e. The average molecular weight is 271 g/mol. The Labute approximate surface area is 122 Å². The molecule has 2 saturated carbocycles. The van der Waals surface area contributed by atoms with E-state index >= 15 is 0 Å². The molecule has 0 spiro atoms. The molecule has 3 unspecified atom stereocenters. The first-order chi connectivity index (χ1) is 9.63. The number of carbonyl (C=O) groups is 1. The summed E-state index contributed by atoms with van der Waals surface area (Å²) in [4.78, 5) is 12.5. The minimum Gasteiger partial charge on any atom is -0.349 e. The highest BCUT2D eigenvalue weighted by Crippen LogP contribution is 2.54. The van der Waals surface area contributed by atoms with Crippen LogP contribution in [0.5, 0.6) is 0 Å². The van der Waals surface area contributed by atoms with Gasteiger partial charge in [-0.3, -0.25) is 4.79 Å². The van der Waals surface area contributed by atoms with Crippen LogP contribution in [0, 0.1) is 23.7 Å². The van der Waals surface area contributed by atoms with Gasteiger partial charge >= 0.3 is 0 Å². The van der Waals surface area contributed by atoms with Gasteiger partial charge in [-0.15, -0.1) is 0 Å². The maximum atomic E-state index is 12.5. The highest BCUT2D eigenvalue weighted by atomic mass is 16.1. The van der Waals surface area contributed by atoms with E-state index < -0.39 is 0 Å². The summed E-state index contributed by atoms with van der Waals surface area (Å²) in [6, 6.07) is 10.6. The topological polar surface area (TPSA) is 29.1 Å². The van der Waals surface area contributed by atoms with Gasteiger partial charge in [0.25, 0.3) is 0 Å². The zero-order valence-electron chi connectivity index (χ0n) is 12.5. The van der Waals surface area contributed by atoms with Crippen molar-refractivity contribution in [2.45, 2.75) is 45.6 Å². The molecule has 0 radical (unpaired) electrons. The fraction of sp³-hybridized carbons (Fsp3) is 0.611. The lowest BCUT2D eigenvalue weighted by Gasteiger charge is -2.23. The third-order valence-corrected chi connectivity index (χ3v) is 4.84. The summed E-state index contributed by atoms with van der Waals surface area (Å²) in [5.41, 5.74) is 1.23. The zero-order valence-corrected chi connectivity index (χ0v) is 12.5. The maximum Gasteiger partial charge on any atom is 0.223 e. The van der Waals surface area contributed by atoms with Crippen molar-refractivity contribution in [2.75, 3.05) is 0 Å². The summed E-state index contributed by atoms with van der Waals surface area (Å²) in [5, 5.41) is 3.31. The van der Waals surface area contributed by atoms with E-state index in [-0.39, 0.29) is 17.9 Å². The molecular formula is C18H25NO. The fourth-order valence-electron chi connectivity index (χ4n) is 3.65. The Morgan fingerprint density at radius 3 is 2.40 bits per heavy atom. The number of nitrogens with one attached hydrogen (secondary N) is 1. The number of carbonyl (C=O) groups excluding carboxylic acids is 1. The van der Waals surface area contributed by atoms with E-state index in [2.05, 4.69) is 43.4 Å². The van der Waals surface area contributed by atoms with Crippen molar-refractivity contribution in [1.82, 2.24) is 5.32 Å². The van der Waals surface area contributed by atoms with Gasteiger partial charge in [0.05, 0.1) is 6.04 Å². The molecule has 1 aromatic carbocycles. The van der Waals surface area contributed by atoms with Crippen molar-refractivity contribution in [3.05, 3.63) is 35.9 Å². The molecule has 1 N–H and O–H groups in total. The third kappa shape index (κ3) is 3.05. The zero-order chi connectivity index (χ0) is 14.1. The highest BCUT2D eigenvalue weighted by molar-refractivity contribution is 5.79. The molecule has 0 aliphatic heterocycles. The molecular weight excluding hydrogens is 246 g/mol. The van der Waals surface area contributed by atoms with E-state index in [4.69, 9.17) is 0 Å². The molecule has 2 aliphatic carbocycles. The molecule has 0 bridgehead atoms. The predicted octanol–water partition coefficient (Wildman–Crippen LogP) is 3.94. The van der Waals surface area contributed by atoms with Gasteiger partial charge in [-0.2, -0.15) is 0 Å². The Morgan fingerprint density at radius 1 is 1.15 bits per heavy atom. The van der Waals surface area contributed by atoms with E-state index in [1.54, 1.807) is 0 Å². The Kier molecular flexibility index (Phi) is 3.82. The Balaban J connectivity index is 1.65. The molecule has 3 rings (SSSR count). The minimum absolute atomic E-state index is 0.167. The molecule has 1 aromatic rings. The summed E-state index contributed by atoms with van der Waals surface area (Å²) in [6.45, 7) is 4.43. The Morgan fingerprint density at radius 2 is 1.80 bits per heavy atom. The molecule has 1 amide bonds. The van der Waals surface area contributed by atoms with Crippen LogP contribution in [0.2, 0.25) is 0 Å². The van der Waals surface area contributed by atoms with E-state index in [1.165, 1.54) is 12.0 Å². The normalized spacial score (nSPS) is 29.1. The van der Waals surface area contributed by atoms with Crippen molar-refractivity contribution >= 4 is 5.91 Å². The lowest BCUT2D eigenvalue weighted by Crippen LogP contribution is -2.34. The van der Waals surface area contributed by atoms with Crippen molar-refractivity contribution in [1.29, 1.82) is 0 Å². The first-order valence-corrected chi connectivity index (χ1v) is 7.98. The maximum absolute atomic E-state index is 12.5. The van der Waals surface area contributed by atoms with Crippen LogP contribution in [-0.4, -0.2) is 5.91 Å². The first kappa shape index (κ1) is 13.7. The monoisotopic (exact) mass is 271 g/mol. The molecule has 2 fully saturated rings. The summed E-state index contributed by atoms with van der Waals surface area (Å²) >= 11 is 0. The number of fused-ring (bicyclic) bond motifs is 1. The van der Waals surface area contributed by atoms with Crippen LogP contribution in [0.25, 0.3) is 0 Å². The SMILES string of the molecule is CC(C)CC(NC(=O)C1CC2CC2C1)c1ccccc1. The van der Waals surface area contributed by atoms with Crippen molar-refractivity contribution in [3.63, 3.8) is 0 Å². The Bertz CT molecular complexity index is 458. The van der Waals surface area contributed by atoms with Gasteiger partial charge in [0, 0.05) is 5.92 Å². The summed E-state index contributed by atoms with van der Waals surface area (Å²) in [7, 11) is 0. The van der Waals surface area contributed by atoms with Crippen molar-refractivity contribution in [3.8, 4) is 0 Å². The molecule has 108 valence electrons. The van der Waals surface area contributed by atoms with Gasteiger partial charge in [0.2, 0.25) is 5.91 Å². The standard InChI is InChI=1S/C18H25NO/c1-12(2)8-17(13-6-4-3-5-7-13)19-18(20)16-10-14-9-15(14)11-16/h3-7,12,14-17H,8-11H2,1-2H3,(H,19,20). The van der Waals surface area contributed by atoms with Gasteiger partial charge < -0.3 is 5.32 Å². The highest BCUT2D eigenvalue weighted by Gasteiger charge is 2.48. The molecule has 2 heteroatoms. The lowest BCUT2D eigenvalue weighted by molar-refractivity contribution is -0.126. The predicted molar refractivity (Wildman–Crippen MR) is 81.1 cm³/mol. The second-order valence-electron chi connectivity index (χ2n) is 7.03. The first-order valence-electron chi connectivity index (χ1n) is 7.98. The van der Waals surface area contributed by atoms with Crippen molar-refractivity contribution in [2.24, 2.45) is 23.7 Å². The second kappa shape index (κ2) is 5.59. The number of hydrogen-bond donors (Lipinski definition) is 1. The van der Waals surface area contributed by atoms with Crippen molar-refractivity contribution < 1.29 is 4.79 Å². The third-order valence-electron chi connectivity index (χ3n) is 4.84. The van der Waals surface area contributed by atoms with E-state index in [0.29, 0.717) is 5.92 Å². The minimum atomic E-state index is 0.167. The van der Waals surface area contributed by atoms with Crippen LogP contribution in [0.1, 0.15) is 51.1 Å². The summed E-state index contributed by atoms with van der Waals surface area (Å²) in [5.74, 6) is 2.87. The molecule has 3 atom stereocenters. The van der Waals surface area contributed by atoms with Crippen LogP contribution in [-0.2, 0) is 4.79 Å². The van der Waals surface area contributed by atoms with E-state index in [1.807, 2.05) is 6.07 Å². The van der Waals surface area contributed by atoms with Gasteiger partial charge in [0.1, 0.15) is 0 Å². The number of hydrogen-bond acceptors (Lipinski definition) is 1. The van der Waals surface area contributed by atoms with E-state index in [9.17, 15) is 4.79 Å². The fourth-order valence-corrected chi connectivity index (χ4v) is 3.65. The molecule has 0 heterocycles. The second-order valence-corrected chi connectivity index (χ2v) is 7.03. The van der Waals surface area contributed by atoms with E-state index in [0.717, 1.165) is 31.1 Å². The van der Waals surface area contributed by atoms with Crippen LogP contribution < -0.4 is 5.32 Å². The quantitative estimate of drug-likeness (QED) is 0.863. The van der Waals surface area contributed by atoms with Gasteiger partial charge in [0.15, 0.2) is 0 Å². The van der Waals surface area contributed by atoms with Crippen LogP contribution in [0.15, 0.2) is 30.3 Å². The molecule has 2 nitrogen and oxygen atoms in total. The van der Waals surface area contributed by atoms with Crippen LogP contribution >= 0.6 is 0 Å². The van der Waals surface area contributed by atoms with Crippen LogP contribution in [0.3, 0.4) is 0 Å². The van der Waals surface area contributed by atoms with Crippen LogP contribution in [0.4, 0.5) is 0 Å². The Hall–Kier alpha value is -1.31. The number of rotatable bonds is 5.